The highest BCUT2D eigenvalue weighted by atomic mass is 32.1. The largest absolute Gasteiger partial charge is 0.441 e. The van der Waals surface area contributed by atoms with Gasteiger partial charge in [-0.2, -0.15) is 0 Å². The van der Waals surface area contributed by atoms with Gasteiger partial charge in [-0.05, 0) is 25.7 Å². The second-order valence-electron chi connectivity index (χ2n) is 7.64. The van der Waals surface area contributed by atoms with E-state index < -0.39 is 6.23 Å². The van der Waals surface area contributed by atoms with Crippen LogP contribution in [0.4, 0.5) is 9.93 Å². The third kappa shape index (κ3) is 3.43. The molecule has 7 nitrogen and oxygen atoms in total. The quantitative estimate of drug-likeness (QED) is 0.749. The van der Waals surface area contributed by atoms with E-state index >= 15 is 0 Å². The minimum Gasteiger partial charge on any atom is -0.441 e. The lowest BCUT2D eigenvalue weighted by Gasteiger charge is -2.37. The molecule has 1 aliphatic heterocycles. The Labute approximate surface area is 157 Å². The molecule has 2 heterocycles. The smallest absolute Gasteiger partial charge is 0.329 e. The molecule has 26 heavy (non-hydrogen) atoms. The zero-order chi connectivity index (χ0) is 18.1. The standard InChI is InChI=1S/C18H26N4O3S/c1-21-11-10-14(25-16(23)13-8-4-5-9-13)22(18(21)24)17-20-19-15(26-17)12-6-2-3-7-12/h12-14H,2-11H2,1H3. The van der Waals surface area contributed by atoms with E-state index in [9.17, 15) is 9.59 Å². The van der Waals surface area contributed by atoms with Crippen LogP contribution in [0.1, 0.15) is 68.7 Å². The SMILES string of the molecule is CN1CCC(OC(=O)C2CCCC2)N(c2nnc(C3CCCC3)s2)C1=O. The first-order chi connectivity index (χ1) is 12.6. The number of nitrogens with zero attached hydrogens (tertiary/aromatic N) is 4. The summed E-state index contributed by atoms with van der Waals surface area (Å²) in [7, 11) is 1.77. The van der Waals surface area contributed by atoms with Crippen molar-refractivity contribution >= 4 is 28.5 Å². The van der Waals surface area contributed by atoms with Gasteiger partial charge in [0.05, 0.1) is 5.92 Å². The molecule has 142 valence electrons. The van der Waals surface area contributed by atoms with Crippen molar-refractivity contribution in [1.82, 2.24) is 15.1 Å². The first-order valence-corrected chi connectivity index (χ1v) is 10.5. The van der Waals surface area contributed by atoms with E-state index in [0.717, 1.165) is 43.5 Å². The molecule has 0 N–H and O–H groups in total. The first kappa shape index (κ1) is 17.7. The average Bonchev–Trinajstić information content (AvgIpc) is 3.40. The van der Waals surface area contributed by atoms with Gasteiger partial charge in [0.1, 0.15) is 5.01 Å². The summed E-state index contributed by atoms with van der Waals surface area (Å²) in [5, 5.41) is 10.2. The fraction of sp³-hybridized carbons (Fsp3) is 0.778. The van der Waals surface area contributed by atoms with E-state index in [2.05, 4.69) is 10.2 Å². The molecule has 2 aliphatic carbocycles. The van der Waals surface area contributed by atoms with Crippen LogP contribution in [0.2, 0.25) is 0 Å². The number of hydrogen-bond acceptors (Lipinski definition) is 6. The first-order valence-electron chi connectivity index (χ1n) is 9.71. The molecule has 8 heteroatoms. The number of rotatable bonds is 4. The van der Waals surface area contributed by atoms with Gasteiger partial charge in [0.15, 0.2) is 6.23 Å². The Kier molecular flexibility index (Phi) is 5.11. The van der Waals surface area contributed by atoms with Gasteiger partial charge >= 0.3 is 12.0 Å². The number of anilines is 1. The van der Waals surface area contributed by atoms with Crippen LogP contribution in [0.25, 0.3) is 0 Å². The molecule has 0 aromatic carbocycles. The molecule has 1 atom stereocenters. The Morgan fingerprint density at radius 3 is 2.50 bits per heavy atom. The van der Waals surface area contributed by atoms with Crippen LogP contribution in [0.5, 0.6) is 0 Å². The van der Waals surface area contributed by atoms with Crippen LogP contribution in [0, 0.1) is 5.92 Å². The molecular weight excluding hydrogens is 352 g/mol. The lowest BCUT2D eigenvalue weighted by atomic mass is 10.1. The monoisotopic (exact) mass is 378 g/mol. The summed E-state index contributed by atoms with van der Waals surface area (Å²) in [6, 6.07) is -0.172. The number of urea groups is 1. The summed E-state index contributed by atoms with van der Waals surface area (Å²) in [6.07, 6.45) is 8.71. The van der Waals surface area contributed by atoms with E-state index in [1.165, 1.54) is 29.1 Å². The number of aromatic nitrogens is 2. The predicted molar refractivity (Wildman–Crippen MR) is 98.1 cm³/mol. The second kappa shape index (κ2) is 7.50. The number of esters is 1. The average molecular weight is 378 g/mol. The van der Waals surface area contributed by atoms with Gasteiger partial charge in [-0.3, -0.25) is 4.79 Å². The highest BCUT2D eigenvalue weighted by Crippen LogP contribution is 2.38. The van der Waals surface area contributed by atoms with Crippen LogP contribution in [-0.4, -0.2) is 46.9 Å². The van der Waals surface area contributed by atoms with Crippen molar-refractivity contribution in [2.75, 3.05) is 18.5 Å². The van der Waals surface area contributed by atoms with Crippen molar-refractivity contribution in [1.29, 1.82) is 0 Å². The number of carbonyl (C=O) groups is 2. The molecule has 0 bridgehead atoms. The van der Waals surface area contributed by atoms with Gasteiger partial charge in [-0.15, -0.1) is 10.2 Å². The molecule has 3 aliphatic rings. The van der Waals surface area contributed by atoms with Crippen LogP contribution in [0.3, 0.4) is 0 Å². The van der Waals surface area contributed by atoms with Crippen molar-refractivity contribution < 1.29 is 14.3 Å². The van der Waals surface area contributed by atoms with Crippen LogP contribution in [-0.2, 0) is 9.53 Å². The number of carbonyl (C=O) groups excluding carboxylic acids is 2. The lowest BCUT2D eigenvalue weighted by Crippen LogP contribution is -2.55. The number of amides is 2. The Balaban J connectivity index is 1.52. The molecule has 1 saturated heterocycles. The fourth-order valence-electron chi connectivity index (χ4n) is 4.21. The third-order valence-electron chi connectivity index (χ3n) is 5.81. The number of ether oxygens (including phenoxy) is 1. The summed E-state index contributed by atoms with van der Waals surface area (Å²) < 4.78 is 5.77. The van der Waals surface area contributed by atoms with Gasteiger partial charge in [-0.1, -0.05) is 37.0 Å². The normalized spacial score (nSPS) is 25.3. The molecule has 1 aromatic rings. The fourth-order valence-corrected chi connectivity index (χ4v) is 5.25. The van der Waals surface area contributed by atoms with Gasteiger partial charge in [-0.25, -0.2) is 9.69 Å². The summed E-state index contributed by atoms with van der Waals surface area (Å²) in [4.78, 5) is 28.4. The molecule has 2 saturated carbocycles. The van der Waals surface area contributed by atoms with Crippen molar-refractivity contribution in [2.24, 2.45) is 5.92 Å². The van der Waals surface area contributed by atoms with Crippen molar-refractivity contribution in [3.05, 3.63) is 5.01 Å². The zero-order valence-corrected chi connectivity index (χ0v) is 16.0. The lowest BCUT2D eigenvalue weighted by molar-refractivity contribution is -0.154. The van der Waals surface area contributed by atoms with Crippen molar-refractivity contribution in [3.8, 4) is 0 Å². The van der Waals surface area contributed by atoms with E-state index in [1.807, 2.05) is 0 Å². The third-order valence-corrected chi connectivity index (χ3v) is 6.90. The Hall–Kier alpha value is -1.70. The van der Waals surface area contributed by atoms with Gasteiger partial charge in [0.2, 0.25) is 5.13 Å². The highest BCUT2D eigenvalue weighted by Gasteiger charge is 2.39. The maximum absolute atomic E-state index is 12.8. The van der Waals surface area contributed by atoms with Crippen molar-refractivity contribution in [3.63, 3.8) is 0 Å². The molecule has 0 spiro atoms. The topological polar surface area (TPSA) is 75.6 Å². The van der Waals surface area contributed by atoms with E-state index in [1.54, 1.807) is 11.9 Å². The molecule has 2 amide bonds. The molecular formula is C18H26N4O3S. The predicted octanol–water partition coefficient (Wildman–Crippen LogP) is 3.52. The highest BCUT2D eigenvalue weighted by molar-refractivity contribution is 7.15. The molecule has 4 rings (SSSR count). The zero-order valence-electron chi connectivity index (χ0n) is 15.2. The van der Waals surface area contributed by atoms with Crippen molar-refractivity contribution in [2.45, 2.75) is 69.9 Å². The summed E-state index contributed by atoms with van der Waals surface area (Å²) in [6.45, 7) is 0.576. The van der Waals surface area contributed by atoms with Crippen LogP contribution in [0.15, 0.2) is 0 Å². The summed E-state index contributed by atoms with van der Waals surface area (Å²) in [5.41, 5.74) is 0. The van der Waals surface area contributed by atoms with Crippen LogP contribution >= 0.6 is 11.3 Å². The van der Waals surface area contributed by atoms with Crippen LogP contribution < -0.4 is 4.90 Å². The maximum Gasteiger partial charge on any atom is 0.329 e. The molecule has 1 aromatic heterocycles. The minimum absolute atomic E-state index is 0.0184. The van der Waals surface area contributed by atoms with Gasteiger partial charge in [0.25, 0.3) is 0 Å². The summed E-state index contributed by atoms with van der Waals surface area (Å²) >= 11 is 1.47. The van der Waals surface area contributed by atoms with E-state index in [4.69, 9.17) is 4.74 Å². The van der Waals surface area contributed by atoms with Gasteiger partial charge in [0, 0.05) is 25.9 Å². The molecule has 3 fully saturated rings. The minimum atomic E-state index is -0.573. The van der Waals surface area contributed by atoms with E-state index in [-0.39, 0.29) is 17.9 Å². The maximum atomic E-state index is 12.8. The Morgan fingerprint density at radius 2 is 1.77 bits per heavy atom. The Bertz CT molecular complexity index is 667. The molecule has 1 unspecified atom stereocenters. The second-order valence-corrected chi connectivity index (χ2v) is 8.63. The Morgan fingerprint density at radius 1 is 1.08 bits per heavy atom. The summed E-state index contributed by atoms with van der Waals surface area (Å²) in [5.74, 6) is 0.267. The number of hydrogen-bond donors (Lipinski definition) is 0. The van der Waals surface area contributed by atoms with E-state index in [0.29, 0.717) is 24.0 Å². The van der Waals surface area contributed by atoms with Gasteiger partial charge < -0.3 is 9.64 Å². The molecule has 0 radical (unpaired) electrons.